The molecule has 2 aliphatic carbocycles. The molecule has 1 unspecified atom stereocenters. The van der Waals surface area contributed by atoms with Crippen LogP contribution in [0.3, 0.4) is 0 Å². The number of hydrogen-bond acceptors (Lipinski definition) is 4. The maximum atomic E-state index is 12.7. The predicted molar refractivity (Wildman–Crippen MR) is 128 cm³/mol. The summed E-state index contributed by atoms with van der Waals surface area (Å²) in [5.41, 5.74) is 4.24. The zero-order valence-electron chi connectivity index (χ0n) is 19.8. The lowest BCUT2D eigenvalue weighted by atomic mass is 9.84. The molecule has 34 heavy (non-hydrogen) atoms. The number of alkyl carbamates (subject to hydrolysis) is 1. The maximum Gasteiger partial charge on any atom is 0.407 e. The highest BCUT2D eigenvalue weighted by atomic mass is 16.5. The van der Waals surface area contributed by atoms with Crippen molar-refractivity contribution in [2.24, 2.45) is 17.3 Å². The van der Waals surface area contributed by atoms with Crippen LogP contribution >= 0.6 is 0 Å². The third-order valence-corrected chi connectivity index (χ3v) is 6.87. The largest absolute Gasteiger partial charge is 0.481 e. The molecule has 3 atom stereocenters. The minimum Gasteiger partial charge on any atom is -0.481 e. The van der Waals surface area contributed by atoms with E-state index in [0.29, 0.717) is 13.0 Å². The van der Waals surface area contributed by atoms with E-state index in [0.717, 1.165) is 22.3 Å². The second-order valence-electron chi connectivity index (χ2n) is 10.3. The fraction of sp³-hybridized carbons (Fsp3) is 0.444. The Kier molecular flexibility index (Phi) is 6.64. The molecule has 1 fully saturated rings. The van der Waals surface area contributed by atoms with Gasteiger partial charge >= 0.3 is 12.1 Å². The van der Waals surface area contributed by atoms with Gasteiger partial charge < -0.3 is 20.5 Å². The average Bonchev–Trinajstić information content (AvgIpc) is 3.51. The molecule has 0 spiro atoms. The highest BCUT2D eigenvalue weighted by Gasteiger charge is 2.43. The van der Waals surface area contributed by atoms with Crippen LogP contribution in [0.5, 0.6) is 0 Å². The molecule has 0 bridgehead atoms. The number of aliphatic carboxylic acids is 1. The van der Waals surface area contributed by atoms with E-state index in [1.54, 1.807) is 0 Å². The SMILES string of the molecule is CC(C)(C)C(CC(=O)NC[C@@H]1C[C@@H]1C(=O)O)NC(=O)OCC1c2ccccc2-c2ccccc21. The van der Waals surface area contributed by atoms with Gasteiger partial charge in [-0.3, -0.25) is 9.59 Å². The number of benzene rings is 2. The van der Waals surface area contributed by atoms with E-state index in [1.807, 2.05) is 45.0 Å². The standard InChI is InChI=1S/C27H32N2O5/c1-27(2,3)23(13-24(30)28-14-16-12-21(16)25(31)32)29-26(33)34-15-22-19-10-6-4-8-17(19)18-9-5-7-11-20(18)22/h4-11,16,21-23H,12-15H2,1-3H3,(H,28,30)(H,29,33)(H,31,32)/t16-,21-,23?/m0/s1. The summed E-state index contributed by atoms with van der Waals surface area (Å²) in [6.07, 6.45) is 0.136. The molecule has 3 N–H and O–H groups in total. The topological polar surface area (TPSA) is 105 Å². The van der Waals surface area contributed by atoms with E-state index in [1.165, 1.54) is 0 Å². The van der Waals surface area contributed by atoms with E-state index in [-0.39, 0.29) is 42.1 Å². The first kappa shape index (κ1) is 23.8. The van der Waals surface area contributed by atoms with E-state index in [9.17, 15) is 14.4 Å². The number of nitrogens with one attached hydrogen (secondary N) is 2. The molecule has 7 nitrogen and oxygen atoms in total. The molecule has 2 aliphatic rings. The van der Waals surface area contributed by atoms with Crippen molar-refractivity contribution < 1.29 is 24.2 Å². The highest BCUT2D eigenvalue weighted by Crippen LogP contribution is 2.44. The van der Waals surface area contributed by atoms with Gasteiger partial charge in [-0.1, -0.05) is 69.3 Å². The zero-order valence-corrected chi connectivity index (χ0v) is 19.8. The Labute approximate surface area is 199 Å². The summed E-state index contributed by atoms with van der Waals surface area (Å²) in [6.45, 7) is 6.42. The van der Waals surface area contributed by atoms with Crippen molar-refractivity contribution in [3.05, 3.63) is 59.7 Å². The molecule has 2 amide bonds. The predicted octanol–water partition coefficient (Wildman–Crippen LogP) is 4.17. The Hall–Kier alpha value is -3.35. The summed E-state index contributed by atoms with van der Waals surface area (Å²) in [6, 6.07) is 15.9. The Morgan fingerprint density at radius 1 is 1.03 bits per heavy atom. The van der Waals surface area contributed by atoms with E-state index in [4.69, 9.17) is 9.84 Å². The van der Waals surface area contributed by atoms with Crippen molar-refractivity contribution in [1.82, 2.24) is 10.6 Å². The summed E-state index contributed by atoms with van der Waals surface area (Å²) in [5, 5.41) is 14.7. The van der Waals surface area contributed by atoms with Gasteiger partial charge in [-0.15, -0.1) is 0 Å². The van der Waals surface area contributed by atoms with Crippen LogP contribution in [0, 0.1) is 17.3 Å². The first-order chi connectivity index (χ1) is 16.1. The number of carbonyl (C=O) groups excluding carboxylic acids is 2. The van der Waals surface area contributed by atoms with Gasteiger partial charge in [0.2, 0.25) is 5.91 Å². The van der Waals surface area contributed by atoms with Gasteiger partial charge in [0.05, 0.1) is 5.92 Å². The molecule has 0 aliphatic heterocycles. The van der Waals surface area contributed by atoms with Crippen molar-refractivity contribution in [3.8, 4) is 11.1 Å². The van der Waals surface area contributed by atoms with Crippen LogP contribution in [0.4, 0.5) is 4.79 Å². The summed E-state index contributed by atoms with van der Waals surface area (Å²) in [4.78, 5) is 36.2. The summed E-state index contributed by atoms with van der Waals surface area (Å²) >= 11 is 0. The number of rotatable bonds is 8. The molecule has 1 saturated carbocycles. The highest BCUT2D eigenvalue weighted by molar-refractivity contribution is 5.80. The number of carbonyl (C=O) groups is 3. The third-order valence-electron chi connectivity index (χ3n) is 6.87. The second kappa shape index (κ2) is 9.49. The van der Waals surface area contributed by atoms with Crippen LogP contribution in [0.15, 0.2) is 48.5 Å². The number of hydrogen-bond donors (Lipinski definition) is 3. The van der Waals surface area contributed by atoms with Crippen molar-refractivity contribution in [3.63, 3.8) is 0 Å². The maximum absolute atomic E-state index is 12.7. The Morgan fingerprint density at radius 3 is 2.15 bits per heavy atom. The fourth-order valence-electron chi connectivity index (χ4n) is 4.63. The van der Waals surface area contributed by atoms with Crippen molar-refractivity contribution in [2.45, 2.75) is 45.6 Å². The summed E-state index contributed by atoms with van der Waals surface area (Å²) < 4.78 is 5.65. The molecule has 2 aromatic carbocycles. The number of ether oxygens (including phenoxy) is 1. The first-order valence-corrected chi connectivity index (χ1v) is 11.8. The van der Waals surface area contributed by atoms with E-state index < -0.39 is 18.1 Å². The van der Waals surface area contributed by atoms with Crippen LogP contribution in [0.25, 0.3) is 11.1 Å². The van der Waals surface area contributed by atoms with Gasteiger partial charge in [0.1, 0.15) is 6.61 Å². The smallest absolute Gasteiger partial charge is 0.407 e. The Morgan fingerprint density at radius 2 is 1.62 bits per heavy atom. The molecular weight excluding hydrogens is 432 g/mol. The van der Waals surface area contributed by atoms with Crippen molar-refractivity contribution in [2.75, 3.05) is 13.2 Å². The summed E-state index contributed by atoms with van der Waals surface area (Å²) in [5.74, 6) is -1.43. The Balaban J connectivity index is 1.33. The molecule has 180 valence electrons. The fourth-order valence-corrected chi connectivity index (χ4v) is 4.63. The number of fused-ring (bicyclic) bond motifs is 3. The van der Waals surface area contributed by atoms with E-state index >= 15 is 0 Å². The lowest BCUT2D eigenvalue weighted by Crippen LogP contribution is -2.47. The second-order valence-corrected chi connectivity index (χ2v) is 10.3. The zero-order chi connectivity index (χ0) is 24.5. The van der Waals surface area contributed by atoms with Gasteiger partial charge in [0.15, 0.2) is 0 Å². The normalized spacial score (nSPS) is 19.5. The van der Waals surface area contributed by atoms with Gasteiger partial charge in [-0.2, -0.15) is 0 Å². The molecule has 4 rings (SSSR count). The third kappa shape index (κ3) is 5.24. The average molecular weight is 465 g/mol. The molecular formula is C27H32N2O5. The number of carboxylic acids is 1. The van der Waals surface area contributed by atoms with Crippen molar-refractivity contribution in [1.29, 1.82) is 0 Å². The van der Waals surface area contributed by atoms with Crippen LogP contribution in [-0.2, 0) is 14.3 Å². The minimum atomic E-state index is -0.816. The van der Waals surface area contributed by atoms with Crippen LogP contribution in [0.1, 0.15) is 50.7 Å². The quantitative estimate of drug-likeness (QED) is 0.544. The van der Waals surface area contributed by atoms with Gasteiger partial charge in [0, 0.05) is 24.9 Å². The first-order valence-electron chi connectivity index (χ1n) is 11.8. The van der Waals surface area contributed by atoms with E-state index in [2.05, 4.69) is 34.9 Å². The molecule has 0 heterocycles. The van der Waals surface area contributed by atoms with Gasteiger partial charge in [0.25, 0.3) is 0 Å². The van der Waals surface area contributed by atoms with Crippen LogP contribution in [-0.4, -0.2) is 42.3 Å². The molecule has 0 aromatic heterocycles. The summed E-state index contributed by atoms with van der Waals surface area (Å²) in [7, 11) is 0. The molecule has 7 heteroatoms. The van der Waals surface area contributed by atoms with Crippen molar-refractivity contribution >= 4 is 18.0 Å². The minimum absolute atomic E-state index is 0.00960. The molecule has 0 radical (unpaired) electrons. The number of amides is 2. The van der Waals surface area contributed by atoms with Crippen LogP contribution < -0.4 is 10.6 Å². The van der Waals surface area contributed by atoms with Gasteiger partial charge in [-0.05, 0) is 40.0 Å². The van der Waals surface area contributed by atoms with Crippen LogP contribution in [0.2, 0.25) is 0 Å². The molecule has 2 aromatic rings. The lowest BCUT2D eigenvalue weighted by molar-refractivity contribution is -0.139. The lowest BCUT2D eigenvalue weighted by Gasteiger charge is -2.31. The monoisotopic (exact) mass is 464 g/mol. The van der Waals surface area contributed by atoms with Gasteiger partial charge in [-0.25, -0.2) is 4.79 Å². The number of carboxylic acid groups (broad SMARTS) is 1. The Bertz CT molecular complexity index is 1040. The molecule has 0 saturated heterocycles.